The van der Waals surface area contributed by atoms with Crippen molar-refractivity contribution in [3.63, 3.8) is 0 Å². The van der Waals surface area contributed by atoms with E-state index in [-0.39, 0.29) is 18.2 Å². The van der Waals surface area contributed by atoms with Crippen LogP contribution < -0.4 is 4.74 Å². The third-order valence-corrected chi connectivity index (χ3v) is 3.25. The molecule has 5 heteroatoms. The third-order valence-electron chi connectivity index (χ3n) is 3.02. The molecule has 102 valence electrons. The van der Waals surface area contributed by atoms with Gasteiger partial charge < -0.3 is 9.64 Å². The highest BCUT2D eigenvalue weighted by Crippen LogP contribution is 2.19. The predicted molar refractivity (Wildman–Crippen MR) is 72.4 cm³/mol. The number of rotatable bonds is 3. The van der Waals surface area contributed by atoms with Crippen molar-refractivity contribution in [2.45, 2.75) is 25.9 Å². The van der Waals surface area contributed by atoms with E-state index in [1.807, 2.05) is 0 Å². The van der Waals surface area contributed by atoms with Gasteiger partial charge in [-0.1, -0.05) is 17.7 Å². The van der Waals surface area contributed by atoms with Crippen molar-refractivity contribution in [3.05, 3.63) is 29.3 Å². The summed E-state index contributed by atoms with van der Waals surface area (Å²) in [5.41, 5.74) is 0. The van der Waals surface area contributed by atoms with Crippen molar-refractivity contribution in [1.82, 2.24) is 4.90 Å². The molecule has 0 bridgehead atoms. The number of carbonyl (C=O) groups excluding carboxylic acids is 2. The SMILES string of the molecule is CC(Oc1cccc(Cl)c1)C(=O)N1CCCC(=O)C1. The van der Waals surface area contributed by atoms with Crippen LogP contribution in [-0.4, -0.2) is 35.8 Å². The van der Waals surface area contributed by atoms with Gasteiger partial charge in [-0.2, -0.15) is 0 Å². The summed E-state index contributed by atoms with van der Waals surface area (Å²) in [6, 6.07) is 6.91. The number of likely N-dealkylation sites (tertiary alicyclic amines) is 1. The zero-order valence-corrected chi connectivity index (χ0v) is 11.5. The van der Waals surface area contributed by atoms with Crippen LogP contribution in [0.15, 0.2) is 24.3 Å². The van der Waals surface area contributed by atoms with Crippen LogP contribution >= 0.6 is 11.6 Å². The fourth-order valence-electron chi connectivity index (χ4n) is 2.08. The molecule has 1 atom stereocenters. The number of ketones is 1. The fraction of sp³-hybridized carbons (Fsp3) is 0.429. The average molecular weight is 282 g/mol. The van der Waals surface area contributed by atoms with E-state index < -0.39 is 6.10 Å². The maximum atomic E-state index is 12.1. The summed E-state index contributed by atoms with van der Waals surface area (Å²) >= 11 is 5.86. The van der Waals surface area contributed by atoms with Gasteiger partial charge in [-0.3, -0.25) is 9.59 Å². The molecule has 0 aliphatic carbocycles. The van der Waals surface area contributed by atoms with Gasteiger partial charge in [0.1, 0.15) is 5.75 Å². The Kier molecular flexibility index (Phi) is 4.43. The summed E-state index contributed by atoms with van der Waals surface area (Å²) in [5, 5.41) is 0.560. The van der Waals surface area contributed by atoms with Gasteiger partial charge in [-0.05, 0) is 31.5 Å². The molecule has 1 aliphatic heterocycles. The van der Waals surface area contributed by atoms with Crippen LogP contribution in [0.2, 0.25) is 5.02 Å². The third kappa shape index (κ3) is 3.70. The topological polar surface area (TPSA) is 46.6 Å². The highest BCUT2D eigenvalue weighted by molar-refractivity contribution is 6.30. The second-order valence-corrected chi connectivity index (χ2v) is 5.06. The Labute approximate surface area is 117 Å². The van der Waals surface area contributed by atoms with E-state index in [0.717, 1.165) is 6.42 Å². The molecular formula is C14H16ClNO3. The lowest BCUT2D eigenvalue weighted by atomic mass is 10.1. The Hall–Kier alpha value is -1.55. The molecule has 19 heavy (non-hydrogen) atoms. The monoisotopic (exact) mass is 281 g/mol. The smallest absolute Gasteiger partial charge is 0.263 e. The number of nitrogens with zero attached hydrogens (tertiary/aromatic N) is 1. The van der Waals surface area contributed by atoms with Crippen molar-refractivity contribution in [3.8, 4) is 5.75 Å². The van der Waals surface area contributed by atoms with E-state index in [0.29, 0.717) is 23.7 Å². The molecule has 0 saturated carbocycles. The molecule has 1 aromatic rings. The summed E-state index contributed by atoms with van der Waals surface area (Å²) < 4.78 is 5.56. The van der Waals surface area contributed by atoms with Gasteiger partial charge in [0.25, 0.3) is 5.91 Å². The largest absolute Gasteiger partial charge is 0.481 e. The number of hydrogen-bond acceptors (Lipinski definition) is 3. The van der Waals surface area contributed by atoms with Crippen molar-refractivity contribution < 1.29 is 14.3 Å². The highest BCUT2D eigenvalue weighted by atomic mass is 35.5. The minimum Gasteiger partial charge on any atom is -0.481 e. The molecule has 0 radical (unpaired) electrons. The number of amides is 1. The molecule has 1 heterocycles. The Bertz CT molecular complexity index is 489. The van der Waals surface area contributed by atoms with E-state index in [2.05, 4.69) is 0 Å². The van der Waals surface area contributed by atoms with Crippen LogP contribution in [0.4, 0.5) is 0 Å². The lowest BCUT2D eigenvalue weighted by Gasteiger charge is -2.28. The van der Waals surface area contributed by atoms with Crippen LogP contribution in [0.3, 0.4) is 0 Å². The number of benzene rings is 1. The summed E-state index contributed by atoms with van der Waals surface area (Å²) in [6.07, 6.45) is 0.672. The Balaban J connectivity index is 1.97. The van der Waals surface area contributed by atoms with Gasteiger partial charge in [0.15, 0.2) is 11.9 Å². The lowest BCUT2D eigenvalue weighted by Crippen LogP contribution is -2.46. The van der Waals surface area contributed by atoms with Gasteiger partial charge in [-0.15, -0.1) is 0 Å². The first-order valence-corrected chi connectivity index (χ1v) is 6.67. The minimum absolute atomic E-state index is 0.106. The van der Waals surface area contributed by atoms with Gasteiger partial charge in [0.2, 0.25) is 0 Å². The van der Waals surface area contributed by atoms with Gasteiger partial charge in [0.05, 0.1) is 6.54 Å². The summed E-state index contributed by atoms with van der Waals surface area (Å²) in [4.78, 5) is 25.1. The van der Waals surface area contributed by atoms with Gasteiger partial charge in [-0.25, -0.2) is 0 Å². The Morgan fingerprint density at radius 1 is 1.47 bits per heavy atom. The van der Waals surface area contributed by atoms with Crippen molar-refractivity contribution in [2.75, 3.05) is 13.1 Å². The number of hydrogen-bond donors (Lipinski definition) is 0. The molecule has 4 nitrogen and oxygen atoms in total. The zero-order valence-electron chi connectivity index (χ0n) is 10.8. The molecular weight excluding hydrogens is 266 g/mol. The van der Waals surface area contributed by atoms with Crippen LogP contribution in [-0.2, 0) is 9.59 Å². The number of piperidine rings is 1. The van der Waals surface area contributed by atoms with Gasteiger partial charge >= 0.3 is 0 Å². The molecule has 1 aliphatic rings. The average Bonchev–Trinajstić information content (AvgIpc) is 2.38. The maximum absolute atomic E-state index is 12.1. The molecule has 0 aromatic heterocycles. The van der Waals surface area contributed by atoms with Crippen LogP contribution in [0, 0.1) is 0 Å². The first-order chi connectivity index (χ1) is 9.06. The lowest BCUT2D eigenvalue weighted by molar-refractivity contribution is -0.142. The number of Topliss-reactive ketones (excluding diaryl/α,β-unsaturated/α-hetero) is 1. The zero-order chi connectivity index (χ0) is 13.8. The quantitative estimate of drug-likeness (QED) is 0.854. The maximum Gasteiger partial charge on any atom is 0.263 e. The molecule has 0 spiro atoms. The first kappa shape index (κ1) is 13.9. The highest BCUT2D eigenvalue weighted by Gasteiger charge is 2.26. The van der Waals surface area contributed by atoms with Crippen LogP contribution in [0.5, 0.6) is 5.75 Å². The van der Waals surface area contributed by atoms with Crippen molar-refractivity contribution in [2.24, 2.45) is 0 Å². The Morgan fingerprint density at radius 3 is 2.95 bits per heavy atom. The number of halogens is 1. The summed E-state index contributed by atoms with van der Waals surface area (Å²) in [6.45, 7) is 2.50. The Morgan fingerprint density at radius 2 is 2.26 bits per heavy atom. The van der Waals surface area contributed by atoms with E-state index in [1.165, 1.54) is 0 Å². The predicted octanol–water partition coefficient (Wildman–Crippen LogP) is 2.30. The van der Waals surface area contributed by atoms with Gasteiger partial charge in [0, 0.05) is 18.0 Å². The fourth-order valence-corrected chi connectivity index (χ4v) is 2.26. The molecule has 0 N–H and O–H groups in total. The second kappa shape index (κ2) is 6.06. The van der Waals surface area contributed by atoms with Crippen molar-refractivity contribution in [1.29, 1.82) is 0 Å². The first-order valence-electron chi connectivity index (χ1n) is 6.29. The van der Waals surface area contributed by atoms with E-state index in [4.69, 9.17) is 16.3 Å². The molecule has 1 unspecified atom stereocenters. The minimum atomic E-state index is -0.621. The molecule has 1 fully saturated rings. The number of ether oxygens (including phenoxy) is 1. The van der Waals surface area contributed by atoms with E-state index in [9.17, 15) is 9.59 Å². The normalized spacial score (nSPS) is 17.2. The van der Waals surface area contributed by atoms with Crippen molar-refractivity contribution >= 4 is 23.3 Å². The summed E-state index contributed by atoms with van der Waals surface area (Å²) in [7, 11) is 0. The molecule has 1 saturated heterocycles. The van der Waals surface area contributed by atoms with Crippen LogP contribution in [0.25, 0.3) is 0 Å². The molecule has 2 rings (SSSR count). The second-order valence-electron chi connectivity index (χ2n) is 4.62. The standard InChI is InChI=1S/C14H16ClNO3/c1-10(19-13-6-2-4-11(15)8-13)14(18)16-7-3-5-12(17)9-16/h2,4,6,8,10H,3,5,7,9H2,1H3. The van der Waals surface area contributed by atoms with Crippen LogP contribution in [0.1, 0.15) is 19.8 Å². The summed E-state index contributed by atoms with van der Waals surface area (Å²) in [5.74, 6) is 0.499. The molecule has 1 aromatic carbocycles. The molecule has 1 amide bonds. The van der Waals surface area contributed by atoms with E-state index in [1.54, 1.807) is 36.1 Å². The number of carbonyl (C=O) groups is 2. The van der Waals surface area contributed by atoms with E-state index >= 15 is 0 Å².